The van der Waals surface area contributed by atoms with Crippen LogP contribution in [0.4, 0.5) is 0 Å². The summed E-state index contributed by atoms with van der Waals surface area (Å²) in [5.41, 5.74) is 0.907. The van der Waals surface area contributed by atoms with Crippen molar-refractivity contribution in [3.05, 3.63) is 28.8 Å². The van der Waals surface area contributed by atoms with Crippen LogP contribution in [-0.2, 0) is 9.59 Å². The molecule has 1 aromatic rings. The molecule has 2 amide bonds. The number of rotatable bonds is 3. The monoisotopic (exact) mass is 322 g/mol. The summed E-state index contributed by atoms with van der Waals surface area (Å²) in [5.74, 6) is 0.970. The second kappa shape index (κ2) is 6.16. The Kier molecular flexibility index (Phi) is 4.25. The van der Waals surface area contributed by atoms with E-state index < -0.39 is 0 Å². The molecule has 2 atom stereocenters. The molecule has 0 bridgehead atoms. The number of fused-ring (bicyclic) bond motifs is 1. The molecule has 2 fully saturated rings. The number of nitrogens with one attached hydrogen (secondary N) is 1. The molecule has 5 nitrogen and oxygen atoms in total. The Labute approximate surface area is 134 Å². The Hall–Kier alpha value is -1.75. The summed E-state index contributed by atoms with van der Waals surface area (Å²) in [7, 11) is 0. The Balaban J connectivity index is 1.55. The lowest BCUT2D eigenvalue weighted by Crippen LogP contribution is -2.48. The first kappa shape index (κ1) is 15.2. The number of benzene rings is 1. The number of ether oxygens (including phenoxy) is 1. The number of likely N-dealkylation sites (tertiary alicyclic amines) is 1. The van der Waals surface area contributed by atoms with Crippen molar-refractivity contribution < 1.29 is 14.3 Å². The fourth-order valence-electron chi connectivity index (χ4n) is 3.16. The second-order valence-corrected chi connectivity index (χ2v) is 6.40. The lowest BCUT2D eigenvalue weighted by Gasteiger charge is -2.34. The Morgan fingerprint density at radius 2 is 2.32 bits per heavy atom. The van der Waals surface area contributed by atoms with Crippen molar-refractivity contribution in [1.29, 1.82) is 0 Å². The third-order valence-corrected chi connectivity index (χ3v) is 4.60. The minimum atomic E-state index is -0.0350. The van der Waals surface area contributed by atoms with Gasteiger partial charge in [0.1, 0.15) is 5.75 Å². The summed E-state index contributed by atoms with van der Waals surface area (Å²) in [4.78, 5) is 25.5. The highest BCUT2D eigenvalue weighted by Crippen LogP contribution is 2.26. The molecule has 0 spiro atoms. The highest BCUT2D eigenvalue weighted by Gasteiger charge is 2.38. The molecule has 0 aliphatic carbocycles. The van der Waals surface area contributed by atoms with Crippen molar-refractivity contribution in [3.63, 3.8) is 0 Å². The molecule has 6 heteroatoms. The van der Waals surface area contributed by atoms with Crippen LogP contribution in [0.2, 0.25) is 5.02 Å². The number of amides is 2. The largest absolute Gasteiger partial charge is 0.483 e. The van der Waals surface area contributed by atoms with Gasteiger partial charge in [-0.15, -0.1) is 0 Å². The number of hydrogen-bond acceptors (Lipinski definition) is 3. The number of carbonyl (C=O) groups is 2. The van der Waals surface area contributed by atoms with Gasteiger partial charge in [-0.3, -0.25) is 9.59 Å². The topological polar surface area (TPSA) is 58.6 Å². The summed E-state index contributed by atoms with van der Waals surface area (Å²) in [6.07, 6.45) is 1.34. The van der Waals surface area contributed by atoms with Crippen molar-refractivity contribution in [3.8, 4) is 5.75 Å². The predicted molar refractivity (Wildman–Crippen MR) is 82.9 cm³/mol. The van der Waals surface area contributed by atoms with Crippen molar-refractivity contribution in [2.75, 3.05) is 19.7 Å². The van der Waals surface area contributed by atoms with Gasteiger partial charge in [0.2, 0.25) is 5.91 Å². The van der Waals surface area contributed by atoms with Crippen molar-refractivity contribution in [1.82, 2.24) is 10.2 Å². The zero-order valence-corrected chi connectivity index (χ0v) is 13.2. The van der Waals surface area contributed by atoms with Crippen LogP contribution < -0.4 is 10.1 Å². The zero-order valence-electron chi connectivity index (χ0n) is 12.5. The van der Waals surface area contributed by atoms with Gasteiger partial charge in [0, 0.05) is 36.5 Å². The maximum atomic E-state index is 12.3. The number of carbonyl (C=O) groups excluding carboxylic acids is 2. The number of nitrogens with zero attached hydrogens (tertiary/aromatic N) is 1. The molecule has 0 aromatic heterocycles. The highest BCUT2D eigenvalue weighted by atomic mass is 35.5. The third-order valence-electron chi connectivity index (χ3n) is 4.37. The molecule has 0 unspecified atom stereocenters. The van der Waals surface area contributed by atoms with Crippen LogP contribution in [0.3, 0.4) is 0 Å². The van der Waals surface area contributed by atoms with E-state index in [1.807, 2.05) is 13.0 Å². The van der Waals surface area contributed by atoms with Gasteiger partial charge in [-0.05, 0) is 37.1 Å². The maximum absolute atomic E-state index is 12.3. The number of aryl methyl sites for hydroxylation is 1. The second-order valence-electron chi connectivity index (χ2n) is 5.97. The molecule has 1 N–H and O–H groups in total. The molecule has 1 aromatic carbocycles. The fraction of sp³-hybridized carbons (Fsp3) is 0.500. The minimum absolute atomic E-state index is 0.0151. The van der Waals surface area contributed by atoms with E-state index >= 15 is 0 Å². The quantitative estimate of drug-likeness (QED) is 0.922. The standard InChI is InChI=1S/C16H19ClN2O3/c1-10-6-12(17)2-3-14(10)22-9-16(21)19-5-4-13-11(8-19)7-15(20)18-13/h2-3,6,11,13H,4-5,7-9H2,1H3,(H,18,20)/t11-,13+/m1/s1. The highest BCUT2D eigenvalue weighted by molar-refractivity contribution is 6.30. The molecule has 3 rings (SSSR count). The molecule has 118 valence electrons. The van der Waals surface area contributed by atoms with Crippen LogP contribution in [0, 0.1) is 12.8 Å². The normalized spacial score (nSPS) is 23.9. The van der Waals surface area contributed by atoms with Gasteiger partial charge in [-0.1, -0.05) is 11.6 Å². The first-order valence-corrected chi connectivity index (χ1v) is 7.87. The predicted octanol–water partition coefficient (Wildman–Crippen LogP) is 1.76. The van der Waals surface area contributed by atoms with E-state index in [0.717, 1.165) is 12.0 Å². The SMILES string of the molecule is Cc1cc(Cl)ccc1OCC(=O)N1CC[C@@H]2NC(=O)C[C@@H]2C1. The molecule has 2 aliphatic heterocycles. The number of halogens is 1. The molecule has 2 aliphatic rings. The lowest BCUT2D eigenvalue weighted by molar-refractivity contribution is -0.135. The lowest BCUT2D eigenvalue weighted by atomic mass is 9.93. The van der Waals surface area contributed by atoms with Crippen LogP contribution in [-0.4, -0.2) is 42.5 Å². The first-order valence-electron chi connectivity index (χ1n) is 7.49. The molecular weight excluding hydrogens is 304 g/mol. The van der Waals surface area contributed by atoms with E-state index in [-0.39, 0.29) is 30.4 Å². The van der Waals surface area contributed by atoms with Crippen LogP contribution in [0.1, 0.15) is 18.4 Å². The number of hydrogen-bond donors (Lipinski definition) is 1. The van der Waals surface area contributed by atoms with E-state index in [0.29, 0.717) is 30.3 Å². The summed E-state index contributed by atoms with van der Waals surface area (Å²) >= 11 is 5.90. The Bertz CT molecular complexity index is 605. The van der Waals surface area contributed by atoms with Crippen LogP contribution in [0.5, 0.6) is 5.75 Å². The average molecular weight is 323 g/mol. The molecule has 0 radical (unpaired) electrons. The van der Waals surface area contributed by atoms with Gasteiger partial charge in [0.25, 0.3) is 5.91 Å². The van der Waals surface area contributed by atoms with E-state index in [9.17, 15) is 9.59 Å². The van der Waals surface area contributed by atoms with E-state index in [1.54, 1.807) is 17.0 Å². The molecule has 0 saturated carbocycles. The van der Waals surface area contributed by atoms with Gasteiger partial charge in [-0.25, -0.2) is 0 Å². The van der Waals surface area contributed by atoms with Gasteiger partial charge in [0.15, 0.2) is 6.61 Å². The molecule has 22 heavy (non-hydrogen) atoms. The van der Waals surface area contributed by atoms with Crippen molar-refractivity contribution in [2.45, 2.75) is 25.8 Å². The summed E-state index contributed by atoms with van der Waals surface area (Å²) in [6.45, 7) is 3.21. The average Bonchev–Trinajstić information content (AvgIpc) is 2.85. The zero-order chi connectivity index (χ0) is 15.7. The van der Waals surface area contributed by atoms with Gasteiger partial charge >= 0.3 is 0 Å². The fourth-order valence-corrected chi connectivity index (χ4v) is 3.39. The van der Waals surface area contributed by atoms with Crippen LogP contribution in [0.25, 0.3) is 0 Å². The Morgan fingerprint density at radius 3 is 3.09 bits per heavy atom. The molecular formula is C16H19ClN2O3. The van der Waals surface area contributed by atoms with E-state index in [4.69, 9.17) is 16.3 Å². The number of piperidine rings is 1. The van der Waals surface area contributed by atoms with Crippen molar-refractivity contribution in [2.24, 2.45) is 5.92 Å². The minimum Gasteiger partial charge on any atom is -0.483 e. The smallest absolute Gasteiger partial charge is 0.260 e. The first-order chi connectivity index (χ1) is 10.5. The van der Waals surface area contributed by atoms with E-state index in [1.165, 1.54) is 0 Å². The van der Waals surface area contributed by atoms with Crippen LogP contribution >= 0.6 is 11.6 Å². The summed E-state index contributed by atoms with van der Waals surface area (Å²) < 4.78 is 5.61. The Morgan fingerprint density at radius 1 is 1.50 bits per heavy atom. The van der Waals surface area contributed by atoms with Crippen molar-refractivity contribution >= 4 is 23.4 Å². The van der Waals surface area contributed by atoms with Gasteiger partial charge in [0.05, 0.1) is 0 Å². The summed E-state index contributed by atoms with van der Waals surface area (Å²) in [6, 6.07) is 5.56. The van der Waals surface area contributed by atoms with Gasteiger partial charge < -0.3 is 15.0 Å². The summed E-state index contributed by atoms with van der Waals surface area (Å²) in [5, 5.41) is 3.61. The molecule has 2 saturated heterocycles. The van der Waals surface area contributed by atoms with Crippen LogP contribution in [0.15, 0.2) is 18.2 Å². The van der Waals surface area contributed by atoms with E-state index in [2.05, 4.69) is 5.32 Å². The molecule has 2 heterocycles. The maximum Gasteiger partial charge on any atom is 0.260 e. The van der Waals surface area contributed by atoms with Gasteiger partial charge in [-0.2, -0.15) is 0 Å². The third kappa shape index (κ3) is 3.19.